The van der Waals surface area contributed by atoms with Crippen LogP contribution in [0.15, 0.2) is 0 Å². The first kappa shape index (κ1) is 17.7. The lowest BCUT2D eigenvalue weighted by Crippen LogP contribution is -2.40. The quantitative estimate of drug-likeness (QED) is 0.662. The monoisotopic (exact) mass is 296 g/mol. The molecular formula is C14H27F3N2O. The van der Waals surface area contributed by atoms with Crippen LogP contribution in [-0.2, 0) is 4.74 Å². The summed E-state index contributed by atoms with van der Waals surface area (Å²) in [5.41, 5.74) is 0. The Kier molecular flexibility index (Phi) is 7.84. The minimum Gasteiger partial charge on any atom is -0.372 e. The highest BCUT2D eigenvalue weighted by Gasteiger charge is 2.27. The van der Waals surface area contributed by atoms with Crippen molar-refractivity contribution in [2.75, 3.05) is 39.4 Å². The molecule has 3 nitrogen and oxygen atoms in total. The van der Waals surface area contributed by atoms with E-state index in [2.05, 4.69) is 28.8 Å². The molecule has 0 saturated carbocycles. The maximum absolute atomic E-state index is 11.9. The summed E-state index contributed by atoms with van der Waals surface area (Å²) in [6.07, 6.45) is -1.16. The van der Waals surface area contributed by atoms with Crippen molar-refractivity contribution in [3.63, 3.8) is 0 Å². The third-order valence-corrected chi connectivity index (χ3v) is 3.29. The van der Waals surface area contributed by atoms with Crippen LogP contribution >= 0.6 is 0 Å². The molecule has 1 saturated heterocycles. The molecule has 1 heterocycles. The van der Waals surface area contributed by atoms with Gasteiger partial charge in [0.25, 0.3) is 0 Å². The van der Waals surface area contributed by atoms with Gasteiger partial charge in [-0.3, -0.25) is 0 Å². The zero-order chi connectivity index (χ0) is 15.0. The van der Waals surface area contributed by atoms with Gasteiger partial charge in [0.05, 0.1) is 0 Å². The van der Waals surface area contributed by atoms with Crippen molar-refractivity contribution in [2.45, 2.75) is 45.3 Å². The number of alkyl halides is 3. The summed E-state index contributed by atoms with van der Waals surface area (Å²) in [6, 6.07) is 0.532. The van der Waals surface area contributed by atoms with Gasteiger partial charge in [-0.15, -0.1) is 0 Å². The van der Waals surface area contributed by atoms with Crippen molar-refractivity contribution < 1.29 is 17.9 Å². The first-order chi connectivity index (χ1) is 9.37. The van der Waals surface area contributed by atoms with Gasteiger partial charge in [0.15, 0.2) is 0 Å². The lowest BCUT2D eigenvalue weighted by atomic mass is 10.1. The SMILES string of the molecule is CC(C)CN(CCCOCC(F)(F)F)CC1CCCN1. The van der Waals surface area contributed by atoms with E-state index in [1.165, 1.54) is 12.8 Å². The van der Waals surface area contributed by atoms with Gasteiger partial charge in [0.2, 0.25) is 0 Å². The molecular weight excluding hydrogens is 269 g/mol. The molecule has 0 bridgehead atoms. The van der Waals surface area contributed by atoms with E-state index in [0.717, 1.165) is 26.2 Å². The van der Waals surface area contributed by atoms with Crippen LogP contribution in [0.5, 0.6) is 0 Å². The maximum Gasteiger partial charge on any atom is 0.411 e. The van der Waals surface area contributed by atoms with Crippen LogP contribution < -0.4 is 5.32 Å². The number of hydrogen-bond acceptors (Lipinski definition) is 3. The molecule has 0 aromatic rings. The predicted molar refractivity (Wildman–Crippen MR) is 73.8 cm³/mol. The lowest BCUT2D eigenvalue weighted by molar-refractivity contribution is -0.174. The summed E-state index contributed by atoms with van der Waals surface area (Å²) >= 11 is 0. The van der Waals surface area contributed by atoms with Gasteiger partial charge >= 0.3 is 6.18 Å². The van der Waals surface area contributed by atoms with Crippen LogP contribution in [0.3, 0.4) is 0 Å². The van der Waals surface area contributed by atoms with E-state index in [1.54, 1.807) is 0 Å². The molecule has 1 aliphatic rings. The Morgan fingerprint density at radius 1 is 1.35 bits per heavy atom. The van der Waals surface area contributed by atoms with Gasteiger partial charge in [0, 0.05) is 32.3 Å². The molecule has 1 atom stereocenters. The van der Waals surface area contributed by atoms with Gasteiger partial charge in [-0.1, -0.05) is 13.8 Å². The highest BCUT2D eigenvalue weighted by molar-refractivity contribution is 4.78. The summed E-state index contributed by atoms with van der Waals surface area (Å²) < 4.78 is 40.5. The fraction of sp³-hybridized carbons (Fsp3) is 1.00. The average molecular weight is 296 g/mol. The molecule has 1 rings (SSSR count). The summed E-state index contributed by atoms with van der Waals surface area (Å²) in [5.74, 6) is 0.562. The van der Waals surface area contributed by atoms with Gasteiger partial charge in [-0.2, -0.15) is 13.2 Å². The Morgan fingerprint density at radius 3 is 2.65 bits per heavy atom. The molecule has 20 heavy (non-hydrogen) atoms. The Balaban J connectivity index is 2.18. The molecule has 1 fully saturated rings. The first-order valence-electron chi connectivity index (χ1n) is 7.47. The molecule has 0 radical (unpaired) electrons. The lowest BCUT2D eigenvalue weighted by Gasteiger charge is -2.27. The molecule has 0 amide bonds. The van der Waals surface area contributed by atoms with E-state index < -0.39 is 12.8 Å². The Hall–Kier alpha value is -0.330. The standard InChI is InChI=1S/C14H27F3N2O/c1-12(2)9-19(10-13-5-3-6-18-13)7-4-8-20-11-14(15,16)17/h12-13,18H,3-11H2,1-2H3. The molecule has 120 valence electrons. The number of halogens is 3. The molecule has 6 heteroatoms. The van der Waals surface area contributed by atoms with Crippen molar-refractivity contribution in [3.8, 4) is 0 Å². The van der Waals surface area contributed by atoms with Crippen molar-refractivity contribution >= 4 is 0 Å². The van der Waals surface area contributed by atoms with Crippen LogP contribution in [-0.4, -0.2) is 56.5 Å². The maximum atomic E-state index is 11.9. The number of rotatable bonds is 9. The minimum atomic E-state index is -4.22. The second-order valence-corrected chi connectivity index (χ2v) is 5.97. The summed E-state index contributed by atoms with van der Waals surface area (Å²) in [6.45, 7) is 7.20. The second kappa shape index (κ2) is 8.85. The summed E-state index contributed by atoms with van der Waals surface area (Å²) in [7, 11) is 0. The highest BCUT2D eigenvalue weighted by atomic mass is 19.4. The number of ether oxygens (including phenoxy) is 1. The average Bonchev–Trinajstić information content (AvgIpc) is 2.78. The van der Waals surface area contributed by atoms with Crippen molar-refractivity contribution in [3.05, 3.63) is 0 Å². The molecule has 0 aliphatic carbocycles. The van der Waals surface area contributed by atoms with E-state index in [9.17, 15) is 13.2 Å². The third-order valence-electron chi connectivity index (χ3n) is 3.29. The van der Waals surface area contributed by atoms with Gasteiger partial charge in [0.1, 0.15) is 6.61 Å². The topological polar surface area (TPSA) is 24.5 Å². The molecule has 0 aromatic heterocycles. The number of nitrogens with zero attached hydrogens (tertiary/aromatic N) is 1. The number of hydrogen-bond donors (Lipinski definition) is 1. The molecule has 1 aliphatic heterocycles. The largest absolute Gasteiger partial charge is 0.411 e. The summed E-state index contributed by atoms with van der Waals surface area (Å²) in [5, 5.41) is 3.46. The molecule has 0 aromatic carbocycles. The Bertz CT molecular complexity index is 253. The molecule has 1 N–H and O–H groups in total. The van der Waals surface area contributed by atoms with Crippen molar-refractivity contribution in [2.24, 2.45) is 5.92 Å². The fourth-order valence-corrected chi connectivity index (χ4v) is 2.58. The smallest absolute Gasteiger partial charge is 0.372 e. The second-order valence-electron chi connectivity index (χ2n) is 5.97. The first-order valence-corrected chi connectivity index (χ1v) is 7.47. The number of nitrogens with one attached hydrogen (secondary N) is 1. The van der Waals surface area contributed by atoms with E-state index in [0.29, 0.717) is 18.4 Å². The van der Waals surface area contributed by atoms with Gasteiger partial charge in [-0.05, 0) is 31.7 Å². The molecule has 1 unspecified atom stereocenters. The van der Waals surface area contributed by atoms with E-state index in [1.807, 2.05) is 0 Å². The van der Waals surface area contributed by atoms with Gasteiger partial charge in [-0.25, -0.2) is 0 Å². The van der Waals surface area contributed by atoms with Crippen molar-refractivity contribution in [1.29, 1.82) is 0 Å². The normalized spacial score (nSPS) is 20.2. The Labute approximate surface area is 119 Å². The summed E-state index contributed by atoms with van der Waals surface area (Å²) in [4.78, 5) is 2.34. The molecule has 0 spiro atoms. The van der Waals surface area contributed by atoms with Crippen LogP contribution in [0.2, 0.25) is 0 Å². The zero-order valence-electron chi connectivity index (χ0n) is 12.5. The minimum absolute atomic E-state index is 0.173. The van der Waals surface area contributed by atoms with Crippen LogP contribution in [0.25, 0.3) is 0 Å². The zero-order valence-corrected chi connectivity index (χ0v) is 12.5. The third kappa shape index (κ3) is 8.76. The predicted octanol–water partition coefficient (Wildman–Crippen LogP) is 2.67. The van der Waals surface area contributed by atoms with Crippen LogP contribution in [0.4, 0.5) is 13.2 Å². The fourth-order valence-electron chi connectivity index (χ4n) is 2.58. The van der Waals surface area contributed by atoms with Crippen LogP contribution in [0.1, 0.15) is 33.1 Å². The van der Waals surface area contributed by atoms with E-state index in [-0.39, 0.29) is 6.61 Å². The van der Waals surface area contributed by atoms with Crippen molar-refractivity contribution in [1.82, 2.24) is 10.2 Å². The van der Waals surface area contributed by atoms with Crippen LogP contribution in [0, 0.1) is 5.92 Å². The highest BCUT2D eigenvalue weighted by Crippen LogP contribution is 2.14. The van der Waals surface area contributed by atoms with E-state index in [4.69, 9.17) is 0 Å². The van der Waals surface area contributed by atoms with Gasteiger partial charge < -0.3 is 15.0 Å². The van der Waals surface area contributed by atoms with E-state index >= 15 is 0 Å². The Morgan fingerprint density at radius 2 is 2.10 bits per heavy atom.